The smallest absolute Gasteiger partial charge is 0.253 e. The number of amides is 2. The predicted octanol–water partition coefficient (Wildman–Crippen LogP) is 3.48. The van der Waals surface area contributed by atoms with Gasteiger partial charge in [-0.1, -0.05) is 30.3 Å². The van der Waals surface area contributed by atoms with Gasteiger partial charge in [-0.25, -0.2) is 0 Å². The van der Waals surface area contributed by atoms with Crippen LogP contribution in [0.3, 0.4) is 0 Å². The van der Waals surface area contributed by atoms with Gasteiger partial charge in [0.2, 0.25) is 5.91 Å². The van der Waals surface area contributed by atoms with Crippen molar-refractivity contribution in [3.8, 4) is 5.75 Å². The van der Waals surface area contributed by atoms with Gasteiger partial charge in [0, 0.05) is 38.2 Å². The molecule has 2 aliphatic rings. The summed E-state index contributed by atoms with van der Waals surface area (Å²) < 4.78 is 0. The normalized spacial score (nSPS) is 18.8. The highest BCUT2D eigenvalue weighted by Gasteiger charge is 2.41. The van der Waals surface area contributed by atoms with Crippen LogP contribution in [0.25, 0.3) is 0 Å². The fourth-order valence-corrected chi connectivity index (χ4v) is 4.59. The van der Waals surface area contributed by atoms with Crippen molar-refractivity contribution in [2.45, 2.75) is 32.1 Å². The van der Waals surface area contributed by atoms with Crippen LogP contribution in [-0.2, 0) is 11.2 Å². The Morgan fingerprint density at radius 2 is 1.66 bits per heavy atom. The van der Waals surface area contributed by atoms with E-state index in [1.54, 1.807) is 24.3 Å². The lowest BCUT2D eigenvalue weighted by molar-refractivity contribution is -0.138. The first-order valence-electron chi connectivity index (χ1n) is 10.4. The molecule has 2 aliphatic heterocycles. The Labute approximate surface area is 171 Å². The van der Waals surface area contributed by atoms with Crippen LogP contribution in [-0.4, -0.2) is 52.9 Å². The van der Waals surface area contributed by atoms with E-state index in [0.29, 0.717) is 12.0 Å². The minimum absolute atomic E-state index is 0.0210. The van der Waals surface area contributed by atoms with Gasteiger partial charge >= 0.3 is 0 Å². The van der Waals surface area contributed by atoms with Gasteiger partial charge in [-0.05, 0) is 60.9 Å². The number of likely N-dealkylation sites (tertiary alicyclic amines) is 2. The molecule has 1 N–H and O–H groups in total. The maximum Gasteiger partial charge on any atom is 0.253 e. The van der Waals surface area contributed by atoms with Gasteiger partial charge in [-0.2, -0.15) is 0 Å². The molecule has 0 saturated carbocycles. The van der Waals surface area contributed by atoms with Crippen molar-refractivity contribution in [2.24, 2.45) is 5.41 Å². The SMILES string of the molecule is O=C1CCC2(CCN(C(=O)c3ccc(O)cc3)CC2)CN1CCc1ccccc1. The fraction of sp³-hybridized carbons (Fsp3) is 0.417. The molecular formula is C24H28N2O3. The Bertz CT molecular complexity index is 855. The lowest BCUT2D eigenvalue weighted by Gasteiger charge is -2.47. The second-order valence-electron chi connectivity index (χ2n) is 8.39. The van der Waals surface area contributed by atoms with Crippen LogP contribution in [0.15, 0.2) is 54.6 Å². The number of carbonyl (C=O) groups is 2. The van der Waals surface area contributed by atoms with E-state index >= 15 is 0 Å². The molecule has 5 heteroatoms. The van der Waals surface area contributed by atoms with Crippen LogP contribution < -0.4 is 0 Å². The number of phenols is 1. The number of piperidine rings is 2. The van der Waals surface area contributed by atoms with Gasteiger partial charge in [-0.15, -0.1) is 0 Å². The molecule has 0 bridgehead atoms. The van der Waals surface area contributed by atoms with Crippen molar-refractivity contribution in [1.29, 1.82) is 0 Å². The van der Waals surface area contributed by atoms with Crippen LogP contribution in [0.1, 0.15) is 41.6 Å². The molecule has 2 amide bonds. The number of phenolic OH excluding ortho intramolecular Hbond substituents is 1. The van der Waals surface area contributed by atoms with Crippen LogP contribution in [0.4, 0.5) is 0 Å². The Hall–Kier alpha value is -2.82. The van der Waals surface area contributed by atoms with Gasteiger partial charge in [0.05, 0.1) is 0 Å². The Morgan fingerprint density at radius 3 is 2.34 bits per heavy atom. The third-order valence-electron chi connectivity index (χ3n) is 6.49. The summed E-state index contributed by atoms with van der Waals surface area (Å²) >= 11 is 0. The van der Waals surface area contributed by atoms with Crippen molar-refractivity contribution in [3.63, 3.8) is 0 Å². The standard InChI is InChI=1S/C24H28N2O3/c27-21-8-6-20(7-9-21)23(29)25-16-13-24(14-17-25)12-10-22(28)26(18-24)15-11-19-4-2-1-3-5-19/h1-9,27H,10-18H2. The third-order valence-corrected chi connectivity index (χ3v) is 6.49. The van der Waals surface area contributed by atoms with E-state index in [1.165, 1.54) is 5.56 Å². The Kier molecular flexibility index (Phi) is 5.56. The minimum atomic E-state index is 0.0210. The number of aromatic hydroxyl groups is 1. The topological polar surface area (TPSA) is 60.9 Å². The molecule has 2 heterocycles. The summed E-state index contributed by atoms with van der Waals surface area (Å²) in [6.45, 7) is 3.02. The lowest BCUT2D eigenvalue weighted by Crippen LogP contribution is -2.52. The lowest BCUT2D eigenvalue weighted by atomic mass is 9.72. The second-order valence-corrected chi connectivity index (χ2v) is 8.39. The number of nitrogens with zero attached hydrogens (tertiary/aromatic N) is 2. The third kappa shape index (κ3) is 4.44. The van der Waals surface area contributed by atoms with Crippen molar-refractivity contribution in [1.82, 2.24) is 9.80 Å². The summed E-state index contributed by atoms with van der Waals surface area (Å²) in [6, 6.07) is 16.8. The zero-order valence-electron chi connectivity index (χ0n) is 16.7. The van der Waals surface area contributed by atoms with Crippen molar-refractivity contribution >= 4 is 11.8 Å². The van der Waals surface area contributed by atoms with Gasteiger partial charge in [0.1, 0.15) is 5.75 Å². The zero-order valence-corrected chi connectivity index (χ0v) is 16.7. The molecule has 0 aliphatic carbocycles. The minimum Gasteiger partial charge on any atom is -0.508 e. The van der Waals surface area contributed by atoms with E-state index < -0.39 is 0 Å². The van der Waals surface area contributed by atoms with Crippen molar-refractivity contribution < 1.29 is 14.7 Å². The summed E-state index contributed by atoms with van der Waals surface area (Å²) in [5.41, 5.74) is 2.01. The van der Waals surface area contributed by atoms with Crippen molar-refractivity contribution in [3.05, 3.63) is 65.7 Å². The highest BCUT2D eigenvalue weighted by atomic mass is 16.3. The van der Waals surface area contributed by atoms with Gasteiger partial charge in [0.15, 0.2) is 0 Å². The molecule has 5 nitrogen and oxygen atoms in total. The highest BCUT2D eigenvalue weighted by molar-refractivity contribution is 5.94. The van der Waals surface area contributed by atoms with E-state index in [9.17, 15) is 14.7 Å². The second kappa shape index (κ2) is 8.27. The molecule has 0 aromatic heterocycles. The Morgan fingerprint density at radius 1 is 0.966 bits per heavy atom. The maximum atomic E-state index is 12.7. The molecule has 0 radical (unpaired) electrons. The van der Waals surface area contributed by atoms with Gasteiger partial charge in [-0.3, -0.25) is 9.59 Å². The zero-order chi connectivity index (χ0) is 20.3. The van der Waals surface area contributed by atoms with Gasteiger partial charge in [0.25, 0.3) is 5.91 Å². The number of rotatable bonds is 4. The molecule has 0 atom stereocenters. The number of hydrogen-bond acceptors (Lipinski definition) is 3. The molecular weight excluding hydrogens is 364 g/mol. The monoisotopic (exact) mass is 392 g/mol. The van der Waals surface area contributed by atoms with E-state index in [1.807, 2.05) is 28.0 Å². The molecule has 2 saturated heterocycles. The van der Waals surface area contributed by atoms with E-state index in [0.717, 1.165) is 51.9 Å². The van der Waals surface area contributed by atoms with Crippen molar-refractivity contribution in [2.75, 3.05) is 26.2 Å². The average Bonchev–Trinajstić information content (AvgIpc) is 2.76. The summed E-state index contributed by atoms with van der Waals surface area (Å²) in [5, 5.41) is 9.42. The summed E-state index contributed by atoms with van der Waals surface area (Å²) in [6.07, 6.45) is 4.29. The molecule has 4 rings (SSSR count). The maximum absolute atomic E-state index is 12.7. The first-order valence-corrected chi connectivity index (χ1v) is 10.4. The number of benzene rings is 2. The van der Waals surface area contributed by atoms with E-state index in [4.69, 9.17) is 0 Å². The quantitative estimate of drug-likeness (QED) is 0.867. The van der Waals surface area contributed by atoms with Crippen LogP contribution in [0, 0.1) is 5.41 Å². The molecule has 152 valence electrons. The molecule has 2 aromatic carbocycles. The van der Waals surface area contributed by atoms with Gasteiger partial charge < -0.3 is 14.9 Å². The summed E-state index contributed by atoms with van der Waals surface area (Å²) in [4.78, 5) is 29.1. The molecule has 0 unspecified atom stereocenters. The van der Waals surface area contributed by atoms with Crippen LogP contribution >= 0.6 is 0 Å². The van der Waals surface area contributed by atoms with Crippen LogP contribution in [0.5, 0.6) is 5.75 Å². The summed E-state index contributed by atoms with van der Waals surface area (Å²) in [5.74, 6) is 0.448. The predicted molar refractivity (Wildman–Crippen MR) is 112 cm³/mol. The van der Waals surface area contributed by atoms with E-state index in [2.05, 4.69) is 12.1 Å². The molecule has 29 heavy (non-hydrogen) atoms. The average molecular weight is 392 g/mol. The number of carbonyl (C=O) groups excluding carboxylic acids is 2. The first kappa shape index (κ1) is 19.5. The molecule has 1 spiro atoms. The van der Waals surface area contributed by atoms with Crippen LogP contribution in [0.2, 0.25) is 0 Å². The van der Waals surface area contributed by atoms with E-state index in [-0.39, 0.29) is 23.0 Å². The Balaban J connectivity index is 1.35. The molecule has 2 aromatic rings. The summed E-state index contributed by atoms with van der Waals surface area (Å²) in [7, 11) is 0. The first-order chi connectivity index (χ1) is 14.0. The fourth-order valence-electron chi connectivity index (χ4n) is 4.59. The largest absolute Gasteiger partial charge is 0.508 e. The number of hydrogen-bond donors (Lipinski definition) is 1. The highest BCUT2D eigenvalue weighted by Crippen LogP contribution is 2.40. The molecule has 2 fully saturated rings.